The Hall–Kier alpha value is -7.16. The molecule has 304 valence electrons. The third kappa shape index (κ3) is 7.09. The lowest BCUT2D eigenvalue weighted by atomic mass is 10.1. The van der Waals surface area contributed by atoms with Gasteiger partial charge in [-0.1, -0.05) is 42.5 Å². The zero-order valence-electron chi connectivity index (χ0n) is 31.1. The molecule has 5 aromatic carbocycles. The van der Waals surface area contributed by atoms with Gasteiger partial charge in [0.05, 0.1) is 53.3 Å². The number of primary amides is 1. The summed E-state index contributed by atoms with van der Waals surface area (Å²) in [5.41, 5.74) is 9.25. The highest BCUT2D eigenvalue weighted by atomic mass is 32.2. The molecule has 0 bridgehead atoms. The van der Waals surface area contributed by atoms with Gasteiger partial charge in [-0.3, -0.25) is 9.54 Å². The number of anilines is 2. The molecule has 0 fully saturated rings. The van der Waals surface area contributed by atoms with Crippen LogP contribution in [0.15, 0.2) is 150 Å². The number of pyridine rings is 1. The Labute approximate surface area is 354 Å². The molecule has 0 spiro atoms. The van der Waals surface area contributed by atoms with Gasteiger partial charge < -0.3 is 20.9 Å². The number of amides is 1. The summed E-state index contributed by atoms with van der Waals surface area (Å²) in [5.74, 6) is -0.500. The minimum Gasteiger partial charge on any atom is -0.494 e. The van der Waals surface area contributed by atoms with E-state index in [0.29, 0.717) is 37.4 Å². The van der Waals surface area contributed by atoms with Crippen LogP contribution in [-0.2, 0) is 20.1 Å². The van der Waals surface area contributed by atoms with E-state index in [0.717, 1.165) is 25.7 Å². The Bertz CT molecular complexity index is 3480. The number of aromatic hydroxyl groups is 2. The van der Waals surface area contributed by atoms with Crippen LogP contribution in [0.5, 0.6) is 11.8 Å². The van der Waals surface area contributed by atoms with Crippen molar-refractivity contribution in [1.82, 2.24) is 24.5 Å². The first-order valence-electron chi connectivity index (χ1n) is 18.0. The summed E-state index contributed by atoms with van der Waals surface area (Å²) in [4.78, 5) is 28.5. The highest BCUT2D eigenvalue weighted by Gasteiger charge is 2.31. The van der Waals surface area contributed by atoms with E-state index in [4.69, 9.17) is 20.3 Å². The number of carbonyl (C=O) groups is 1. The summed E-state index contributed by atoms with van der Waals surface area (Å²) in [7, 11) is -8.34. The lowest BCUT2D eigenvalue weighted by Gasteiger charge is -2.25. The van der Waals surface area contributed by atoms with Gasteiger partial charge in [-0.05, 0) is 84.9 Å². The lowest BCUT2D eigenvalue weighted by Crippen LogP contribution is -2.26. The number of rotatable bonds is 7. The molecule has 6 N–H and O–H groups in total. The van der Waals surface area contributed by atoms with E-state index < -0.39 is 32.1 Å². The summed E-state index contributed by atoms with van der Waals surface area (Å²) >= 11 is 2.74. The first kappa shape index (κ1) is 39.3. The molecule has 1 amide bonds. The van der Waals surface area contributed by atoms with E-state index >= 15 is 0 Å². The topological polar surface area (TPSA) is 235 Å². The first-order chi connectivity index (χ1) is 29.3. The van der Waals surface area contributed by atoms with Crippen LogP contribution in [0.1, 0.15) is 0 Å². The number of H-pyrrole nitrogens is 1. The number of carbonyl (C=O) groups excluding carboxylic acids is 1. The molecule has 0 aliphatic heterocycles. The van der Waals surface area contributed by atoms with Crippen LogP contribution in [0, 0.1) is 0 Å². The fourth-order valence-corrected chi connectivity index (χ4v) is 10.9. The van der Waals surface area contributed by atoms with Gasteiger partial charge in [-0.15, -0.1) is 22.7 Å². The van der Waals surface area contributed by atoms with E-state index in [1.165, 1.54) is 57.4 Å². The molecular weight excluding hydrogens is 859 g/mol. The monoisotopic (exact) mass is 887 g/mol. The molecule has 5 aromatic heterocycles. The number of nitrogens with two attached hydrogens (primary N) is 1. The van der Waals surface area contributed by atoms with Gasteiger partial charge >= 0.3 is 6.03 Å². The summed E-state index contributed by atoms with van der Waals surface area (Å²) in [6, 6.07) is 34.7. The molecule has 19 heteroatoms. The second kappa shape index (κ2) is 15.1. The largest absolute Gasteiger partial charge is 0.494 e. The normalized spacial score (nSPS) is 11.9. The number of benzene rings is 5. The molecule has 61 heavy (non-hydrogen) atoms. The maximum absolute atomic E-state index is 14.7. The number of nitrogens with one attached hydrogen (secondary N) is 1. The predicted octanol–water partition coefficient (Wildman–Crippen LogP) is 8.87. The maximum atomic E-state index is 14.7. The first-order valence-corrected chi connectivity index (χ1v) is 22.5. The summed E-state index contributed by atoms with van der Waals surface area (Å²) in [6.45, 7) is 0. The lowest BCUT2D eigenvalue weighted by molar-refractivity contribution is 0.248. The maximum Gasteiger partial charge on any atom is 0.326 e. The van der Waals surface area contributed by atoms with Crippen LogP contribution in [-0.4, -0.2) is 62.1 Å². The molecular formula is C42H29N7O8S4. The van der Waals surface area contributed by atoms with Crippen LogP contribution in [0.4, 0.5) is 16.2 Å². The fourth-order valence-electron chi connectivity index (χ4n) is 6.92. The van der Waals surface area contributed by atoms with E-state index in [1.54, 1.807) is 54.6 Å². The van der Waals surface area contributed by atoms with Crippen LogP contribution >= 0.6 is 22.7 Å². The molecule has 0 aliphatic rings. The highest BCUT2D eigenvalue weighted by molar-refractivity contribution is 7.93. The molecule has 0 saturated heterocycles. The Morgan fingerprint density at radius 3 is 1.84 bits per heavy atom. The molecule has 15 nitrogen and oxygen atoms in total. The number of aromatic amines is 1. The number of hydrogen-bond donors (Lipinski definition) is 5. The van der Waals surface area contributed by atoms with Crippen molar-refractivity contribution in [2.75, 3.05) is 4.31 Å². The van der Waals surface area contributed by atoms with E-state index in [-0.39, 0.29) is 38.1 Å². The predicted molar refractivity (Wildman–Crippen MR) is 236 cm³/mol. The van der Waals surface area contributed by atoms with Crippen molar-refractivity contribution in [3.8, 4) is 32.9 Å². The SMILES string of the molecule is NC(=O)n1c(O)c(-c2nc3ccccc3s2)c2cc(N(c3ccc4[nH]c(O)c(-c5nc6ccccc6s5)c4c3)S(=O)(=O)c3ccccc3)ccc21.O=S(=O)(O)c1cccnc1. The van der Waals surface area contributed by atoms with Gasteiger partial charge in [0.15, 0.2) is 5.88 Å². The number of nitrogens with zero attached hydrogens (tertiary/aromatic N) is 5. The van der Waals surface area contributed by atoms with E-state index in [2.05, 4.69) is 9.97 Å². The molecule has 5 heterocycles. The molecule has 10 rings (SSSR count). The third-order valence-corrected chi connectivity index (χ3v) is 14.3. The van der Waals surface area contributed by atoms with Gasteiger partial charge in [-0.25, -0.2) is 32.1 Å². The van der Waals surface area contributed by atoms with Crippen molar-refractivity contribution in [3.63, 3.8) is 0 Å². The number of para-hydroxylation sites is 2. The number of fused-ring (bicyclic) bond motifs is 4. The molecule has 0 atom stereocenters. The Kier molecular flexibility index (Phi) is 9.76. The minimum absolute atomic E-state index is 0.0393. The molecule has 0 unspecified atom stereocenters. The zero-order chi connectivity index (χ0) is 42.6. The van der Waals surface area contributed by atoms with Crippen molar-refractivity contribution >= 4 is 102 Å². The summed E-state index contributed by atoms with van der Waals surface area (Å²) < 4.78 is 62.4. The quantitative estimate of drug-likeness (QED) is 0.0948. The molecule has 0 radical (unpaired) electrons. The van der Waals surface area contributed by atoms with E-state index in [9.17, 15) is 31.8 Å². The molecule has 10 aromatic rings. The van der Waals surface area contributed by atoms with Gasteiger partial charge in [0.25, 0.3) is 20.1 Å². The second-order valence-corrected chi connectivity index (χ2v) is 18.6. The van der Waals surface area contributed by atoms with Crippen molar-refractivity contribution < 1.29 is 36.4 Å². The van der Waals surface area contributed by atoms with Crippen molar-refractivity contribution in [2.24, 2.45) is 5.73 Å². The van der Waals surface area contributed by atoms with Gasteiger partial charge in [-0.2, -0.15) is 8.42 Å². The minimum atomic E-state index is -4.28. The van der Waals surface area contributed by atoms with Crippen molar-refractivity contribution in [1.29, 1.82) is 0 Å². The summed E-state index contributed by atoms with van der Waals surface area (Å²) in [5, 5.41) is 24.4. The van der Waals surface area contributed by atoms with Crippen LogP contribution in [0.2, 0.25) is 0 Å². The van der Waals surface area contributed by atoms with Crippen molar-refractivity contribution in [3.05, 3.63) is 140 Å². The average Bonchev–Trinajstić information content (AvgIpc) is 4.01. The zero-order valence-corrected chi connectivity index (χ0v) is 34.4. The number of sulfonamides is 1. The van der Waals surface area contributed by atoms with Crippen LogP contribution < -0.4 is 10.0 Å². The number of thiazole rings is 2. The fraction of sp³-hybridized carbons (Fsp3) is 0. The number of hydrogen-bond acceptors (Lipinski definition) is 12. The van der Waals surface area contributed by atoms with E-state index in [1.807, 2.05) is 48.5 Å². The highest BCUT2D eigenvalue weighted by Crippen LogP contribution is 2.46. The van der Waals surface area contributed by atoms with Gasteiger partial charge in [0.1, 0.15) is 14.9 Å². The Morgan fingerprint density at radius 1 is 0.689 bits per heavy atom. The van der Waals surface area contributed by atoms with Crippen LogP contribution in [0.3, 0.4) is 0 Å². The van der Waals surface area contributed by atoms with Gasteiger partial charge in [0.2, 0.25) is 5.88 Å². The van der Waals surface area contributed by atoms with Crippen molar-refractivity contribution in [2.45, 2.75) is 9.79 Å². The Morgan fingerprint density at radius 2 is 1.26 bits per heavy atom. The third-order valence-electron chi connectivity index (χ3n) is 9.61. The summed E-state index contributed by atoms with van der Waals surface area (Å²) in [6.07, 6.45) is 2.50. The number of aromatic nitrogens is 5. The average molecular weight is 888 g/mol. The standard InChI is InChI=1S/C37H24N6O5S3.C5H5NO3S/c38-37(46)42-28-17-15-21(19-24(28)32(36(42)45)35-41-27-11-5-7-13-30(27)50-35)43(51(47,48)22-8-2-1-3-9-22)20-14-16-25-23(18-20)31(33(44)39-25)34-40-26-10-4-6-12-29(26)49-34;7-10(8,9)5-2-1-3-6-4-5/h1-19,39,44-45H,(H2,38,46);1-4H,(H,7,8,9). The smallest absolute Gasteiger partial charge is 0.326 e. The van der Waals surface area contributed by atoms with Crippen LogP contribution in [0.25, 0.3) is 63.4 Å². The van der Waals surface area contributed by atoms with Gasteiger partial charge in [0, 0.05) is 28.7 Å². The molecule has 0 aliphatic carbocycles. The Balaban J connectivity index is 0.000000421. The molecule has 0 saturated carbocycles. The second-order valence-electron chi connectivity index (χ2n) is 13.4.